The van der Waals surface area contributed by atoms with E-state index in [1.807, 2.05) is 0 Å². The van der Waals surface area contributed by atoms with Crippen LogP contribution in [0.3, 0.4) is 0 Å². The molecule has 1 aromatic carbocycles. The summed E-state index contributed by atoms with van der Waals surface area (Å²) >= 11 is 0. The number of amides is 2. The number of hydrogen-bond donors (Lipinski definition) is 1. The molecule has 21 heavy (non-hydrogen) atoms. The second-order valence-electron chi connectivity index (χ2n) is 4.87. The normalized spacial score (nSPS) is 19.2. The van der Waals surface area contributed by atoms with Crippen molar-refractivity contribution in [3.05, 3.63) is 29.8 Å². The maximum absolute atomic E-state index is 12.6. The lowest BCUT2D eigenvalue weighted by Gasteiger charge is -2.33. The Bertz CT molecular complexity index is 669. The fraction of sp³-hybridized carbons (Fsp3) is 0.429. The van der Waals surface area contributed by atoms with Crippen LogP contribution >= 0.6 is 0 Å². The van der Waals surface area contributed by atoms with E-state index in [0.29, 0.717) is 13.1 Å². The van der Waals surface area contributed by atoms with E-state index < -0.39 is 21.8 Å². The van der Waals surface area contributed by atoms with E-state index in [0.717, 1.165) is 0 Å². The number of nitrogens with zero attached hydrogens (tertiary/aromatic N) is 1. The van der Waals surface area contributed by atoms with Crippen LogP contribution in [0.1, 0.15) is 24.2 Å². The highest BCUT2D eigenvalue weighted by Crippen LogP contribution is 2.20. The Labute approximate surface area is 124 Å². The standard InChI is InChI=1S/C14H18N2O4S/c1-3-21(19,20)12-7-5-4-6-11(12)14(18)16-9-8-15-13(17)10(16)2/h4-7,10H,3,8-9H2,1-2H3,(H,15,17). The molecule has 0 aromatic heterocycles. The molecule has 1 aliphatic rings. The minimum atomic E-state index is -3.49. The molecular weight excluding hydrogens is 292 g/mol. The summed E-state index contributed by atoms with van der Waals surface area (Å²) < 4.78 is 24.2. The predicted molar refractivity (Wildman–Crippen MR) is 77.7 cm³/mol. The van der Waals surface area contributed by atoms with Gasteiger partial charge in [0.2, 0.25) is 5.91 Å². The molecule has 2 amide bonds. The smallest absolute Gasteiger partial charge is 0.255 e. The van der Waals surface area contributed by atoms with E-state index in [1.165, 1.54) is 24.0 Å². The zero-order valence-electron chi connectivity index (χ0n) is 12.0. The van der Waals surface area contributed by atoms with Crippen LogP contribution < -0.4 is 5.32 Å². The van der Waals surface area contributed by atoms with Crippen LogP contribution in [-0.2, 0) is 14.6 Å². The summed E-state index contributed by atoms with van der Waals surface area (Å²) in [5.74, 6) is -0.733. The van der Waals surface area contributed by atoms with Crippen molar-refractivity contribution < 1.29 is 18.0 Å². The molecule has 1 atom stereocenters. The first-order chi connectivity index (χ1) is 9.88. The fourth-order valence-electron chi connectivity index (χ4n) is 2.28. The fourth-order valence-corrected chi connectivity index (χ4v) is 3.37. The van der Waals surface area contributed by atoms with E-state index in [2.05, 4.69) is 5.32 Å². The minimum absolute atomic E-state index is 0.0238. The summed E-state index contributed by atoms with van der Waals surface area (Å²) in [4.78, 5) is 25.7. The Morgan fingerprint density at radius 1 is 1.38 bits per heavy atom. The van der Waals surface area contributed by atoms with E-state index >= 15 is 0 Å². The van der Waals surface area contributed by atoms with Crippen molar-refractivity contribution in [2.24, 2.45) is 0 Å². The number of nitrogens with one attached hydrogen (secondary N) is 1. The summed E-state index contributed by atoms with van der Waals surface area (Å²) in [7, 11) is -3.49. The molecule has 1 fully saturated rings. The van der Waals surface area contributed by atoms with Crippen LogP contribution in [0.25, 0.3) is 0 Å². The van der Waals surface area contributed by atoms with Crippen LogP contribution in [-0.4, -0.2) is 50.0 Å². The van der Waals surface area contributed by atoms with E-state index in [-0.39, 0.29) is 22.1 Å². The van der Waals surface area contributed by atoms with Crippen LogP contribution in [0.15, 0.2) is 29.2 Å². The first-order valence-corrected chi connectivity index (χ1v) is 8.44. The average Bonchev–Trinajstić information content (AvgIpc) is 2.49. The monoisotopic (exact) mass is 310 g/mol. The lowest BCUT2D eigenvalue weighted by atomic mass is 10.1. The Hall–Kier alpha value is -1.89. The molecule has 7 heteroatoms. The van der Waals surface area contributed by atoms with Gasteiger partial charge in [0.05, 0.1) is 16.2 Å². The van der Waals surface area contributed by atoms with Crippen molar-refractivity contribution >= 4 is 21.7 Å². The van der Waals surface area contributed by atoms with Crippen LogP contribution in [0.5, 0.6) is 0 Å². The van der Waals surface area contributed by atoms with Gasteiger partial charge >= 0.3 is 0 Å². The molecule has 1 heterocycles. The van der Waals surface area contributed by atoms with Gasteiger partial charge in [-0.05, 0) is 19.1 Å². The Balaban J connectivity index is 2.43. The second-order valence-corrected chi connectivity index (χ2v) is 7.11. The third-order valence-electron chi connectivity index (χ3n) is 3.59. The molecule has 1 saturated heterocycles. The Morgan fingerprint density at radius 2 is 2.05 bits per heavy atom. The van der Waals surface area contributed by atoms with Crippen molar-refractivity contribution in [3.63, 3.8) is 0 Å². The van der Waals surface area contributed by atoms with Crippen LogP contribution in [0.4, 0.5) is 0 Å². The van der Waals surface area contributed by atoms with Gasteiger partial charge in [0, 0.05) is 13.1 Å². The van der Waals surface area contributed by atoms with Gasteiger partial charge in [-0.3, -0.25) is 9.59 Å². The highest BCUT2D eigenvalue weighted by Gasteiger charge is 2.32. The molecule has 1 unspecified atom stereocenters. The van der Waals surface area contributed by atoms with Gasteiger partial charge in [0.15, 0.2) is 9.84 Å². The van der Waals surface area contributed by atoms with Gasteiger partial charge < -0.3 is 10.2 Å². The van der Waals surface area contributed by atoms with Crippen LogP contribution in [0.2, 0.25) is 0 Å². The highest BCUT2D eigenvalue weighted by atomic mass is 32.2. The lowest BCUT2D eigenvalue weighted by Crippen LogP contribution is -2.56. The number of carbonyl (C=O) groups excluding carboxylic acids is 2. The summed E-state index contributed by atoms with van der Waals surface area (Å²) in [6.45, 7) is 3.90. The third-order valence-corrected chi connectivity index (χ3v) is 5.38. The molecule has 114 valence electrons. The molecule has 1 aromatic rings. The lowest BCUT2D eigenvalue weighted by molar-refractivity contribution is -0.127. The SMILES string of the molecule is CCS(=O)(=O)c1ccccc1C(=O)N1CCNC(=O)C1C. The predicted octanol–water partition coefficient (Wildman–Crippen LogP) is 0.441. The number of rotatable bonds is 3. The molecular formula is C14H18N2O4S. The number of carbonyl (C=O) groups is 2. The van der Waals surface area contributed by atoms with Gasteiger partial charge in [0.1, 0.15) is 6.04 Å². The molecule has 0 spiro atoms. The van der Waals surface area contributed by atoms with Crippen molar-refractivity contribution in [2.75, 3.05) is 18.8 Å². The van der Waals surface area contributed by atoms with E-state index in [1.54, 1.807) is 19.1 Å². The first kappa shape index (κ1) is 15.5. The molecule has 6 nitrogen and oxygen atoms in total. The molecule has 0 radical (unpaired) electrons. The van der Waals surface area contributed by atoms with Gasteiger partial charge in [-0.1, -0.05) is 19.1 Å². The molecule has 1 N–H and O–H groups in total. The highest BCUT2D eigenvalue weighted by molar-refractivity contribution is 7.91. The molecule has 1 aliphatic heterocycles. The molecule has 0 aliphatic carbocycles. The Morgan fingerprint density at radius 3 is 2.71 bits per heavy atom. The molecule has 0 saturated carbocycles. The zero-order valence-corrected chi connectivity index (χ0v) is 12.8. The Kier molecular flexibility index (Phi) is 4.32. The number of sulfone groups is 1. The maximum Gasteiger partial charge on any atom is 0.255 e. The van der Waals surface area contributed by atoms with Crippen molar-refractivity contribution in [2.45, 2.75) is 24.8 Å². The van der Waals surface area contributed by atoms with Crippen molar-refractivity contribution in [1.29, 1.82) is 0 Å². The van der Waals surface area contributed by atoms with Gasteiger partial charge in [0.25, 0.3) is 5.91 Å². The van der Waals surface area contributed by atoms with Crippen molar-refractivity contribution in [1.82, 2.24) is 10.2 Å². The number of piperazine rings is 1. The van der Waals surface area contributed by atoms with Gasteiger partial charge in [-0.25, -0.2) is 8.42 Å². The topological polar surface area (TPSA) is 83.6 Å². The summed E-state index contributed by atoms with van der Waals surface area (Å²) in [5, 5.41) is 2.67. The van der Waals surface area contributed by atoms with E-state index in [9.17, 15) is 18.0 Å². The van der Waals surface area contributed by atoms with E-state index in [4.69, 9.17) is 0 Å². The van der Waals surface area contributed by atoms with Crippen molar-refractivity contribution in [3.8, 4) is 0 Å². The zero-order chi connectivity index (χ0) is 15.6. The largest absolute Gasteiger partial charge is 0.353 e. The van der Waals surface area contributed by atoms with Gasteiger partial charge in [-0.2, -0.15) is 0 Å². The summed E-state index contributed by atoms with van der Waals surface area (Å²) in [6.07, 6.45) is 0. The quantitative estimate of drug-likeness (QED) is 0.878. The number of hydrogen-bond acceptors (Lipinski definition) is 4. The maximum atomic E-state index is 12.6. The minimum Gasteiger partial charge on any atom is -0.353 e. The van der Waals surface area contributed by atoms with Crippen LogP contribution in [0, 0.1) is 0 Å². The number of benzene rings is 1. The summed E-state index contributed by atoms with van der Waals surface area (Å²) in [5.41, 5.74) is 0.126. The molecule has 0 bridgehead atoms. The van der Waals surface area contributed by atoms with Gasteiger partial charge in [-0.15, -0.1) is 0 Å². The average molecular weight is 310 g/mol. The third kappa shape index (κ3) is 2.92. The second kappa shape index (κ2) is 5.85. The summed E-state index contributed by atoms with van der Waals surface area (Å²) in [6, 6.07) is 5.52. The molecule has 2 rings (SSSR count). The first-order valence-electron chi connectivity index (χ1n) is 6.79.